The van der Waals surface area contributed by atoms with Crippen LogP contribution in [0.3, 0.4) is 0 Å². The van der Waals surface area contributed by atoms with Gasteiger partial charge in [0.05, 0.1) is 0 Å². The Kier molecular flexibility index (Phi) is 5.70. The molecule has 0 radical (unpaired) electrons. The molecular formula is C20H27N3O. The standard InChI is InChI=1S/C20H27N3O/c1-21-20-17(5-4-13-22-20)15-23-14-3-2-6-18(23)10-7-16-8-11-19(24)12-9-16/h4-5,8-9,11-13,18,24H,2-3,6-7,10,14-15H2,1H3,(H,21,22). The van der Waals surface area contributed by atoms with E-state index in [9.17, 15) is 5.11 Å². The summed E-state index contributed by atoms with van der Waals surface area (Å²) in [5.74, 6) is 1.33. The number of pyridine rings is 1. The number of phenols is 1. The molecule has 0 amide bonds. The highest BCUT2D eigenvalue weighted by molar-refractivity contribution is 5.42. The summed E-state index contributed by atoms with van der Waals surface area (Å²) in [5.41, 5.74) is 2.58. The van der Waals surface area contributed by atoms with Crippen molar-refractivity contribution in [3.63, 3.8) is 0 Å². The molecule has 0 saturated carbocycles. The first-order chi connectivity index (χ1) is 11.8. The summed E-state index contributed by atoms with van der Waals surface area (Å²) < 4.78 is 0. The molecule has 2 heterocycles. The highest BCUT2D eigenvalue weighted by Gasteiger charge is 2.23. The lowest BCUT2D eigenvalue weighted by Crippen LogP contribution is -2.39. The molecule has 1 unspecified atom stereocenters. The van der Waals surface area contributed by atoms with Crippen LogP contribution in [-0.2, 0) is 13.0 Å². The first-order valence-electron chi connectivity index (χ1n) is 8.90. The summed E-state index contributed by atoms with van der Waals surface area (Å²) >= 11 is 0. The van der Waals surface area contributed by atoms with E-state index >= 15 is 0 Å². The van der Waals surface area contributed by atoms with Crippen LogP contribution >= 0.6 is 0 Å². The number of benzene rings is 1. The number of likely N-dealkylation sites (tertiary alicyclic amines) is 1. The van der Waals surface area contributed by atoms with Gasteiger partial charge in [-0.3, -0.25) is 4.90 Å². The lowest BCUT2D eigenvalue weighted by molar-refractivity contribution is 0.132. The highest BCUT2D eigenvalue weighted by atomic mass is 16.3. The van der Waals surface area contributed by atoms with E-state index in [1.54, 1.807) is 12.1 Å². The lowest BCUT2D eigenvalue weighted by Gasteiger charge is -2.36. The zero-order valence-electron chi connectivity index (χ0n) is 14.4. The summed E-state index contributed by atoms with van der Waals surface area (Å²) in [4.78, 5) is 7.04. The van der Waals surface area contributed by atoms with E-state index in [1.807, 2.05) is 31.4 Å². The van der Waals surface area contributed by atoms with Crippen molar-refractivity contribution in [3.8, 4) is 5.75 Å². The number of hydrogen-bond donors (Lipinski definition) is 2. The van der Waals surface area contributed by atoms with Gasteiger partial charge in [-0.2, -0.15) is 0 Å². The number of piperidine rings is 1. The van der Waals surface area contributed by atoms with Crippen LogP contribution in [0, 0.1) is 0 Å². The molecule has 1 aliphatic rings. The second-order valence-electron chi connectivity index (χ2n) is 6.59. The van der Waals surface area contributed by atoms with Crippen molar-refractivity contribution in [3.05, 3.63) is 53.7 Å². The van der Waals surface area contributed by atoms with E-state index in [2.05, 4.69) is 21.3 Å². The Morgan fingerprint density at radius 3 is 2.83 bits per heavy atom. The maximum atomic E-state index is 9.41. The number of anilines is 1. The second kappa shape index (κ2) is 8.15. The summed E-state index contributed by atoms with van der Waals surface area (Å²) in [6, 6.07) is 12.4. The minimum atomic E-state index is 0.342. The van der Waals surface area contributed by atoms with Gasteiger partial charge in [-0.25, -0.2) is 4.98 Å². The molecule has 2 aromatic rings. The fraction of sp³-hybridized carbons (Fsp3) is 0.450. The van der Waals surface area contributed by atoms with Crippen molar-refractivity contribution in [1.29, 1.82) is 0 Å². The number of nitrogens with one attached hydrogen (secondary N) is 1. The smallest absolute Gasteiger partial charge is 0.130 e. The van der Waals surface area contributed by atoms with Gasteiger partial charge in [0.1, 0.15) is 11.6 Å². The molecule has 4 heteroatoms. The van der Waals surface area contributed by atoms with E-state index in [1.165, 1.54) is 36.8 Å². The molecule has 0 bridgehead atoms. The molecule has 1 fully saturated rings. The highest BCUT2D eigenvalue weighted by Crippen LogP contribution is 2.25. The molecular weight excluding hydrogens is 298 g/mol. The van der Waals surface area contributed by atoms with E-state index in [4.69, 9.17) is 0 Å². The molecule has 24 heavy (non-hydrogen) atoms. The largest absolute Gasteiger partial charge is 0.508 e. The lowest BCUT2D eigenvalue weighted by atomic mass is 9.95. The van der Waals surface area contributed by atoms with E-state index in [0.717, 1.165) is 25.3 Å². The van der Waals surface area contributed by atoms with Gasteiger partial charge in [0, 0.05) is 31.4 Å². The Hall–Kier alpha value is -2.07. The molecule has 1 aromatic carbocycles. The Bertz CT molecular complexity index is 642. The number of aromatic hydroxyl groups is 1. The van der Waals surface area contributed by atoms with E-state index in [0.29, 0.717) is 11.8 Å². The van der Waals surface area contributed by atoms with Crippen LogP contribution in [0.2, 0.25) is 0 Å². The van der Waals surface area contributed by atoms with Crippen LogP contribution in [0.15, 0.2) is 42.6 Å². The fourth-order valence-corrected chi connectivity index (χ4v) is 3.60. The van der Waals surface area contributed by atoms with Gasteiger partial charge in [0.2, 0.25) is 0 Å². The third-order valence-corrected chi connectivity index (χ3v) is 4.95. The molecule has 3 rings (SSSR count). The first-order valence-corrected chi connectivity index (χ1v) is 8.90. The molecule has 1 aliphatic heterocycles. The van der Waals surface area contributed by atoms with Gasteiger partial charge in [0.25, 0.3) is 0 Å². The number of phenolic OH excluding ortho intramolecular Hbond substituents is 1. The quantitative estimate of drug-likeness (QED) is 0.848. The molecule has 1 atom stereocenters. The van der Waals surface area contributed by atoms with Gasteiger partial charge in [0.15, 0.2) is 0 Å². The molecule has 2 N–H and O–H groups in total. The van der Waals surface area contributed by atoms with E-state index in [-0.39, 0.29) is 0 Å². The van der Waals surface area contributed by atoms with Crippen LogP contribution in [-0.4, -0.2) is 34.6 Å². The Morgan fingerprint density at radius 2 is 2.04 bits per heavy atom. The van der Waals surface area contributed by atoms with Crippen molar-refractivity contribution in [1.82, 2.24) is 9.88 Å². The monoisotopic (exact) mass is 325 g/mol. The predicted molar refractivity (Wildman–Crippen MR) is 98.3 cm³/mol. The fourth-order valence-electron chi connectivity index (χ4n) is 3.60. The summed E-state index contributed by atoms with van der Waals surface area (Å²) in [5, 5.41) is 12.6. The number of nitrogens with zero attached hydrogens (tertiary/aromatic N) is 2. The predicted octanol–water partition coefficient (Wildman–Crippen LogP) is 3.82. The Morgan fingerprint density at radius 1 is 1.21 bits per heavy atom. The summed E-state index contributed by atoms with van der Waals surface area (Å²) in [6.45, 7) is 2.13. The van der Waals surface area contributed by atoms with Crippen molar-refractivity contribution < 1.29 is 5.11 Å². The zero-order valence-corrected chi connectivity index (χ0v) is 14.4. The molecule has 1 aromatic heterocycles. The van der Waals surface area contributed by atoms with Crippen molar-refractivity contribution in [2.45, 2.75) is 44.7 Å². The second-order valence-corrected chi connectivity index (χ2v) is 6.59. The molecule has 0 spiro atoms. The van der Waals surface area contributed by atoms with Crippen molar-refractivity contribution in [2.24, 2.45) is 0 Å². The molecule has 4 nitrogen and oxygen atoms in total. The molecule has 128 valence electrons. The molecule has 0 aliphatic carbocycles. The van der Waals surface area contributed by atoms with Crippen molar-refractivity contribution in [2.75, 3.05) is 18.9 Å². The minimum Gasteiger partial charge on any atom is -0.508 e. The number of aryl methyl sites for hydroxylation is 1. The Labute approximate surface area is 144 Å². The van der Waals surface area contributed by atoms with Crippen molar-refractivity contribution >= 4 is 5.82 Å². The maximum Gasteiger partial charge on any atom is 0.130 e. The van der Waals surface area contributed by atoms with Crippen LogP contribution in [0.5, 0.6) is 5.75 Å². The van der Waals surface area contributed by atoms with Gasteiger partial charge in [-0.15, -0.1) is 0 Å². The minimum absolute atomic E-state index is 0.342. The third kappa shape index (κ3) is 4.26. The molecule has 1 saturated heterocycles. The first kappa shape index (κ1) is 16.8. The topological polar surface area (TPSA) is 48.4 Å². The maximum absolute atomic E-state index is 9.41. The number of rotatable bonds is 6. The van der Waals surface area contributed by atoms with Crippen LogP contribution in [0.4, 0.5) is 5.82 Å². The SMILES string of the molecule is CNc1ncccc1CN1CCCCC1CCc1ccc(O)cc1. The average Bonchev–Trinajstić information content (AvgIpc) is 2.63. The van der Waals surface area contributed by atoms with Gasteiger partial charge in [-0.05, 0) is 56.0 Å². The summed E-state index contributed by atoms with van der Waals surface area (Å²) in [6.07, 6.45) is 7.95. The van der Waals surface area contributed by atoms with Crippen LogP contribution in [0.25, 0.3) is 0 Å². The van der Waals surface area contributed by atoms with Gasteiger partial charge >= 0.3 is 0 Å². The van der Waals surface area contributed by atoms with Gasteiger partial charge in [-0.1, -0.05) is 24.6 Å². The van der Waals surface area contributed by atoms with Crippen LogP contribution in [0.1, 0.15) is 36.8 Å². The third-order valence-electron chi connectivity index (χ3n) is 4.95. The van der Waals surface area contributed by atoms with Gasteiger partial charge < -0.3 is 10.4 Å². The average molecular weight is 325 g/mol. The van der Waals surface area contributed by atoms with Crippen LogP contribution < -0.4 is 5.32 Å². The zero-order chi connectivity index (χ0) is 16.8. The van der Waals surface area contributed by atoms with E-state index < -0.39 is 0 Å². The Balaban J connectivity index is 1.63. The normalized spacial score (nSPS) is 18.5. The number of hydrogen-bond acceptors (Lipinski definition) is 4. The summed E-state index contributed by atoms with van der Waals surface area (Å²) in [7, 11) is 1.93. The number of aromatic nitrogens is 1.